The smallest absolute Gasteiger partial charge is 0.405 e. The fourth-order valence-corrected chi connectivity index (χ4v) is 2.57. The molecule has 2 N–H and O–H groups in total. The Balaban J connectivity index is 2.27. The number of para-hydroxylation sites is 1. The molecule has 0 saturated heterocycles. The van der Waals surface area contributed by atoms with Crippen LogP contribution in [-0.4, -0.2) is 23.7 Å². The molecule has 2 rings (SSSR count). The summed E-state index contributed by atoms with van der Waals surface area (Å²) in [7, 11) is 0. The predicted molar refractivity (Wildman–Crippen MR) is 85.1 cm³/mol. The van der Waals surface area contributed by atoms with Crippen LogP contribution in [0.5, 0.6) is 5.75 Å². The number of phenolic OH excluding ortho intramolecular Hbond substituents is 1. The first-order valence-corrected chi connectivity index (χ1v) is 7.51. The molecule has 0 radical (unpaired) electrons. The van der Waals surface area contributed by atoms with Crippen molar-refractivity contribution in [2.45, 2.75) is 18.5 Å². The van der Waals surface area contributed by atoms with Gasteiger partial charge in [-0.1, -0.05) is 41.9 Å². The number of alkyl halides is 3. The molecule has 0 aliphatic heterocycles. The maximum atomic E-state index is 12.2. The van der Waals surface area contributed by atoms with Crippen LogP contribution in [0.1, 0.15) is 23.5 Å². The van der Waals surface area contributed by atoms with Gasteiger partial charge in [-0.05, 0) is 23.8 Å². The number of nitrogens with one attached hydrogen (secondary N) is 1. The summed E-state index contributed by atoms with van der Waals surface area (Å²) >= 11 is 5.96. The molecule has 0 saturated carbocycles. The van der Waals surface area contributed by atoms with Crippen LogP contribution in [0.25, 0.3) is 0 Å². The normalized spacial score (nSPS) is 12.7. The fraction of sp³-hybridized carbons (Fsp3) is 0.235. The first kappa shape index (κ1) is 18.1. The lowest BCUT2D eigenvalue weighted by Gasteiger charge is -2.19. The highest BCUT2D eigenvalue weighted by Gasteiger charge is 2.29. The van der Waals surface area contributed by atoms with E-state index < -0.39 is 24.5 Å². The zero-order valence-corrected chi connectivity index (χ0v) is 13.2. The Labute approximate surface area is 142 Å². The van der Waals surface area contributed by atoms with E-state index in [1.54, 1.807) is 42.5 Å². The van der Waals surface area contributed by atoms with Gasteiger partial charge in [-0.3, -0.25) is 4.79 Å². The van der Waals surface area contributed by atoms with Crippen molar-refractivity contribution in [1.82, 2.24) is 5.32 Å². The average Bonchev–Trinajstić information content (AvgIpc) is 2.51. The van der Waals surface area contributed by atoms with Gasteiger partial charge in [0.25, 0.3) is 0 Å². The highest BCUT2D eigenvalue weighted by atomic mass is 35.5. The minimum Gasteiger partial charge on any atom is -0.508 e. The van der Waals surface area contributed by atoms with E-state index in [0.717, 1.165) is 0 Å². The van der Waals surface area contributed by atoms with Crippen molar-refractivity contribution < 1.29 is 23.1 Å². The summed E-state index contributed by atoms with van der Waals surface area (Å²) in [6.07, 6.45) is -4.72. The molecule has 0 heterocycles. The molecule has 0 aliphatic carbocycles. The van der Waals surface area contributed by atoms with Gasteiger partial charge < -0.3 is 10.4 Å². The maximum Gasteiger partial charge on any atom is 0.405 e. The molecule has 3 nitrogen and oxygen atoms in total. The van der Waals surface area contributed by atoms with Crippen LogP contribution in [0.4, 0.5) is 13.2 Å². The number of amides is 1. The molecule has 128 valence electrons. The highest BCUT2D eigenvalue weighted by Crippen LogP contribution is 2.34. The number of rotatable bonds is 5. The van der Waals surface area contributed by atoms with Crippen LogP contribution in [0.15, 0.2) is 48.5 Å². The lowest BCUT2D eigenvalue weighted by molar-refractivity contribution is -0.138. The molecule has 1 amide bonds. The third kappa shape index (κ3) is 5.16. The van der Waals surface area contributed by atoms with Crippen molar-refractivity contribution in [2.24, 2.45) is 0 Å². The monoisotopic (exact) mass is 357 g/mol. The zero-order chi connectivity index (χ0) is 17.7. The second kappa shape index (κ2) is 7.57. The van der Waals surface area contributed by atoms with E-state index in [2.05, 4.69) is 0 Å². The van der Waals surface area contributed by atoms with E-state index in [1.165, 1.54) is 6.07 Å². The SMILES string of the molecule is O=C(C[C@H](c1cccc(Cl)c1)c1ccccc1O)NCC(F)(F)F. The van der Waals surface area contributed by atoms with E-state index in [-0.39, 0.29) is 12.2 Å². The molecule has 0 spiro atoms. The van der Waals surface area contributed by atoms with Crippen LogP contribution < -0.4 is 5.32 Å². The number of benzene rings is 2. The molecule has 0 fully saturated rings. The number of phenols is 1. The summed E-state index contributed by atoms with van der Waals surface area (Å²) in [4.78, 5) is 11.9. The van der Waals surface area contributed by atoms with Gasteiger partial charge in [0.05, 0.1) is 0 Å². The molecule has 7 heteroatoms. The van der Waals surface area contributed by atoms with Crippen molar-refractivity contribution in [3.05, 3.63) is 64.7 Å². The molecule has 1 atom stereocenters. The Bertz CT molecular complexity index is 719. The standard InChI is InChI=1S/C17H15ClF3NO2/c18-12-5-3-4-11(8-12)14(13-6-1-2-7-15(13)23)9-16(24)22-10-17(19,20)21/h1-8,14,23H,9-10H2,(H,22,24)/t14-/m1/s1. The number of hydrogen-bond donors (Lipinski definition) is 2. The summed E-state index contributed by atoms with van der Waals surface area (Å²) < 4.78 is 36.7. The van der Waals surface area contributed by atoms with Crippen LogP contribution in [0, 0.1) is 0 Å². The van der Waals surface area contributed by atoms with Crippen LogP contribution >= 0.6 is 11.6 Å². The van der Waals surface area contributed by atoms with Gasteiger partial charge in [0, 0.05) is 22.9 Å². The summed E-state index contributed by atoms with van der Waals surface area (Å²) in [6, 6.07) is 13.0. The fourth-order valence-electron chi connectivity index (χ4n) is 2.37. The Morgan fingerprint density at radius 2 is 1.88 bits per heavy atom. The average molecular weight is 358 g/mol. The lowest BCUT2D eigenvalue weighted by atomic mass is 9.87. The second-order valence-corrected chi connectivity index (χ2v) is 5.70. The topological polar surface area (TPSA) is 49.3 Å². The number of aromatic hydroxyl groups is 1. The van der Waals surface area contributed by atoms with Gasteiger partial charge in [0.15, 0.2) is 0 Å². The number of hydrogen-bond acceptors (Lipinski definition) is 2. The van der Waals surface area contributed by atoms with E-state index >= 15 is 0 Å². The lowest BCUT2D eigenvalue weighted by Crippen LogP contribution is -2.34. The Morgan fingerprint density at radius 1 is 1.17 bits per heavy atom. The van der Waals surface area contributed by atoms with Gasteiger partial charge in [-0.15, -0.1) is 0 Å². The Kier molecular flexibility index (Phi) is 5.72. The zero-order valence-electron chi connectivity index (χ0n) is 12.5. The van der Waals surface area contributed by atoms with Gasteiger partial charge in [0.2, 0.25) is 5.91 Å². The summed E-state index contributed by atoms with van der Waals surface area (Å²) in [5.41, 5.74) is 1.08. The second-order valence-electron chi connectivity index (χ2n) is 5.26. The van der Waals surface area contributed by atoms with Crippen molar-refractivity contribution in [2.75, 3.05) is 6.54 Å². The van der Waals surface area contributed by atoms with Crippen molar-refractivity contribution >= 4 is 17.5 Å². The van der Waals surface area contributed by atoms with Crippen LogP contribution in [-0.2, 0) is 4.79 Å². The first-order valence-electron chi connectivity index (χ1n) is 7.13. The summed E-state index contributed by atoms with van der Waals surface area (Å²) in [5, 5.41) is 12.3. The van der Waals surface area contributed by atoms with Crippen LogP contribution in [0.3, 0.4) is 0 Å². The predicted octanol–water partition coefficient (Wildman–Crippen LogP) is 4.25. The van der Waals surface area contributed by atoms with E-state index in [0.29, 0.717) is 16.1 Å². The third-order valence-electron chi connectivity index (χ3n) is 3.44. The van der Waals surface area contributed by atoms with E-state index in [4.69, 9.17) is 11.6 Å². The molecule has 24 heavy (non-hydrogen) atoms. The molecular formula is C17H15ClF3NO2. The minimum absolute atomic E-state index is 0.0360. The number of carbonyl (C=O) groups is 1. The molecule has 0 bridgehead atoms. The van der Waals surface area contributed by atoms with E-state index in [9.17, 15) is 23.1 Å². The molecular weight excluding hydrogens is 343 g/mol. The van der Waals surface area contributed by atoms with Crippen LogP contribution in [0.2, 0.25) is 5.02 Å². The van der Waals surface area contributed by atoms with E-state index in [1.807, 2.05) is 5.32 Å². The van der Waals surface area contributed by atoms with Gasteiger partial charge >= 0.3 is 6.18 Å². The summed E-state index contributed by atoms with van der Waals surface area (Å²) in [6.45, 7) is -1.39. The Morgan fingerprint density at radius 3 is 2.50 bits per heavy atom. The molecule has 0 unspecified atom stereocenters. The molecule has 2 aromatic carbocycles. The number of halogens is 4. The quantitative estimate of drug-likeness (QED) is 0.840. The van der Waals surface area contributed by atoms with Crippen molar-refractivity contribution in [3.8, 4) is 5.75 Å². The van der Waals surface area contributed by atoms with Gasteiger partial charge in [-0.25, -0.2) is 0 Å². The minimum atomic E-state index is -4.48. The maximum absolute atomic E-state index is 12.2. The molecule has 0 aromatic heterocycles. The number of carbonyl (C=O) groups excluding carboxylic acids is 1. The molecule has 0 aliphatic rings. The van der Waals surface area contributed by atoms with Crippen molar-refractivity contribution in [1.29, 1.82) is 0 Å². The molecule has 2 aromatic rings. The third-order valence-corrected chi connectivity index (χ3v) is 3.67. The first-order chi connectivity index (χ1) is 11.3. The highest BCUT2D eigenvalue weighted by molar-refractivity contribution is 6.30. The summed E-state index contributed by atoms with van der Waals surface area (Å²) in [5.74, 6) is -1.41. The Hall–Kier alpha value is -2.21. The van der Waals surface area contributed by atoms with Gasteiger partial charge in [-0.2, -0.15) is 13.2 Å². The van der Waals surface area contributed by atoms with Gasteiger partial charge in [0.1, 0.15) is 12.3 Å². The van der Waals surface area contributed by atoms with Crippen molar-refractivity contribution in [3.63, 3.8) is 0 Å². The largest absolute Gasteiger partial charge is 0.508 e.